The van der Waals surface area contributed by atoms with Gasteiger partial charge in [-0.15, -0.1) is 0 Å². The molecule has 1 aliphatic heterocycles. The van der Waals surface area contributed by atoms with Crippen molar-refractivity contribution >= 4 is 5.91 Å². The van der Waals surface area contributed by atoms with Crippen LogP contribution >= 0.6 is 0 Å². The maximum atomic E-state index is 12.4. The Labute approximate surface area is 149 Å². The van der Waals surface area contributed by atoms with Crippen molar-refractivity contribution in [1.82, 2.24) is 20.0 Å². The van der Waals surface area contributed by atoms with E-state index in [1.165, 1.54) is 0 Å². The number of aryl methyl sites for hydroxylation is 1. The molecule has 0 spiro atoms. The van der Waals surface area contributed by atoms with Gasteiger partial charge in [-0.1, -0.05) is 0 Å². The quantitative estimate of drug-likeness (QED) is 0.849. The number of nitrogens with zero attached hydrogens (tertiary/aromatic N) is 3. The number of carbonyl (C=O) groups excluding carboxylic acids is 1. The molecule has 142 valence electrons. The normalized spacial score (nSPS) is 16.8. The van der Waals surface area contributed by atoms with E-state index in [0.717, 1.165) is 49.8 Å². The van der Waals surface area contributed by atoms with Crippen LogP contribution in [0.1, 0.15) is 40.8 Å². The SMILES string of the molecule is Cc1ccc([C@@H](CNC(=O)c2cnn(CC(F)(F)F)c2)N2CCCC2)o1. The lowest BCUT2D eigenvalue weighted by molar-refractivity contribution is -0.142. The van der Waals surface area contributed by atoms with E-state index >= 15 is 0 Å². The van der Waals surface area contributed by atoms with E-state index in [9.17, 15) is 18.0 Å². The van der Waals surface area contributed by atoms with Crippen molar-refractivity contribution in [3.63, 3.8) is 0 Å². The fourth-order valence-electron chi connectivity index (χ4n) is 3.14. The topological polar surface area (TPSA) is 63.3 Å². The molecule has 0 saturated carbocycles. The minimum atomic E-state index is -4.38. The zero-order chi connectivity index (χ0) is 18.7. The number of aromatic nitrogens is 2. The summed E-state index contributed by atoms with van der Waals surface area (Å²) in [5.74, 6) is 1.12. The van der Waals surface area contributed by atoms with Crippen molar-refractivity contribution in [2.45, 2.75) is 38.5 Å². The summed E-state index contributed by atoms with van der Waals surface area (Å²) >= 11 is 0. The fourth-order valence-corrected chi connectivity index (χ4v) is 3.14. The summed E-state index contributed by atoms with van der Waals surface area (Å²) in [5.41, 5.74) is 0.102. The smallest absolute Gasteiger partial charge is 0.408 e. The van der Waals surface area contributed by atoms with Gasteiger partial charge in [0.25, 0.3) is 5.91 Å². The first-order chi connectivity index (χ1) is 12.3. The highest BCUT2D eigenvalue weighted by molar-refractivity contribution is 5.93. The van der Waals surface area contributed by atoms with Crippen LogP contribution in [0.4, 0.5) is 13.2 Å². The first kappa shape index (κ1) is 18.5. The van der Waals surface area contributed by atoms with Crippen molar-refractivity contribution in [3.05, 3.63) is 41.6 Å². The van der Waals surface area contributed by atoms with Gasteiger partial charge in [-0.25, -0.2) is 0 Å². The summed E-state index contributed by atoms with van der Waals surface area (Å²) in [6.45, 7) is 2.80. The zero-order valence-corrected chi connectivity index (χ0v) is 14.4. The molecule has 6 nitrogen and oxygen atoms in total. The van der Waals surface area contributed by atoms with Gasteiger partial charge in [0.1, 0.15) is 18.1 Å². The lowest BCUT2D eigenvalue weighted by Crippen LogP contribution is -2.36. The number of carbonyl (C=O) groups is 1. The molecule has 0 aliphatic carbocycles. The highest BCUT2D eigenvalue weighted by atomic mass is 19.4. The first-order valence-electron chi connectivity index (χ1n) is 8.49. The van der Waals surface area contributed by atoms with Crippen molar-refractivity contribution in [3.8, 4) is 0 Å². The van der Waals surface area contributed by atoms with E-state index in [-0.39, 0.29) is 11.6 Å². The van der Waals surface area contributed by atoms with Crippen LogP contribution in [0.15, 0.2) is 28.9 Å². The van der Waals surface area contributed by atoms with Crippen LogP contribution in [-0.2, 0) is 6.54 Å². The van der Waals surface area contributed by atoms with Gasteiger partial charge < -0.3 is 9.73 Å². The Kier molecular flexibility index (Phi) is 5.36. The molecule has 0 radical (unpaired) electrons. The van der Waals surface area contributed by atoms with Crippen molar-refractivity contribution in [1.29, 1.82) is 0 Å². The highest BCUT2D eigenvalue weighted by Crippen LogP contribution is 2.26. The first-order valence-corrected chi connectivity index (χ1v) is 8.49. The van der Waals surface area contributed by atoms with Crippen LogP contribution in [0.3, 0.4) is 0 Å². The molecule has 9 heteroatoms. The van der Waals surface area contributed by atoms with E-state index in [0.29, 0.717) is 11.2 Å². The van der Waals surface area contributed by atoms with E-state index in [1.54, 1.807) is 0 Å². The molecule has 26 heavy (non-hydrogen) atoms. The Balaban J connectivity index is 1.64. The van der Waals surface area contributed by atoms with E-state index in [4.69, 9.17) is 4.42 Å². The molecule has 0 bridgehead atoms. The van der Waals surface area contributed by atoms with Crippen molar-refractivity contribution in [2.75, 3.05) is 19.6 Å². The molecule has 2 aromatic heterocycles. The highest BCUT2D eigenvalue weighted by Gasteiger charge is 2.29. The molecule has 3 heterocycles. The largest absolute Gasteiger partial charge is 0.465 e. The number of hydrogen-bond acceptors (Lipinski definition) is 4. The second-order valence-corrected chi connectivity index (χ2v) is 6.46. The summed E-state index contributed by atoms with van der Waals surface area (Å²) in [6, 6.07) is 3.67. The van der Waals surface area contributed by atoms with Crippen LogP contribution in [0.2, 0.25) is 0 Å². The van der Waals surface area contributed by atoms with E-state index < -0.39 is 18.6 Å². The van der Waals surface area contributed by atoms with Gasteiger partial charge in [0, 0.05) is 12.7 Å². The summed E-state index contributed by atoms with van der Waals surface area (Å²) in [5, 5.41) is 6.38. The number of rotatable bonds is 6. The van der Waals surface area contributed by atoms with Gasteiger partial charge in [0.05, 0.1) is 17.8 Å². The number of hydrogen-bond donors (Lipinski definition) is 1. The molecule has 1 atom stereocenters. The zero-order valence-electron chi connectivity index (χ0n) is 14.4. The number of likely N-dealkylation sites (tertiary alicyclic amines) is 1. The molecule has 1 N–H and O–H groups in total. The summed E-state index contributed by atoms with van der Waals surface area (Å²) in [4.78, 5) is 14.5. The van der Waals surface area contributed by atoms with Gasteiger partial charge in [0.15, 0.2) is 0 Å². The van der Waals surface area contributed by atoms with E-state index in [2.05, 4.69) is 15.3 Å². The van der Waals surface area contributed by atoms with Crippen LogP contribution in [0.5, 0.6) is 0 Å². The standard InChI is InChI=1S/C17H21F3N4O2/c1-12-4-5-15(26-12)14(23-6-2-3-7-23)9-21-16(25)13-8-22-24(10-13)11-17(18,19)20/h4-5,8,10,14H,2-3,6-7,9,11H2,1H3,(H,21,25)/t14-/m1/s1. The van der Waals surface area contributed by atoms with Gasteiger partial charge in [-0.05, 0) is 45.0 Å². The van der Waals surface area contributed by atoms with Crippen molar-refractivity contribution in [2.24, 2.45) is 0 Å². The number of nitrogens with one attached hydrogen (secondary N) is 1. The van der Waals surface area contributed by atoms with Crippen LogP contribution in [0, 0.1) is 6.92 Å². The fraction of sp³-hybridized carbons (Fsp3) is 0.529. The van der Waals surface area contributed by atoms with Gasteiger partial charge in [-0.2, -0.15) is 18.3 Å². The Bertz CT molecular complexity index is 747. The summed E-state index contributed by atoms with van der Waals surface area (Å²) in [6.07, 6.45) is 0.0498. The molecule has 1 saturated heterocycles. The predicted octanol–water partition coefficient (Wildman–Crippen LogP) is 2.91. The molecule has 1 fully saturated rings. The van der Waals surface area contributed by atoms with Crippen LogP contribution in [-0.4, -0.2) is 46.4 Å². The van der Waals surface area contributed by atoms with E-state index in [1.807, 2.05) is 19.1 Å². The average Bonchev–Trinajstić information content (AvgIpc) is 3.28. The molecule has 0 unspecified atom stereocenters. The van der Waals surface area contributed by atoms with Crippen molar-refractivity contribution < 1.29 is 22.4 Å². The third-order valence-corrected chi connectivity index (χ3v) is 4.36. The van der Waals surface area contributed by atoms with Gasteiger partial charge in [-0.3, -0.25) is 14.4 Å². The Morgan fingerprint density at radius 3 is 2.69 bits per heavy atom. The number of alkyl halides is 3. The second kappa shape index (κ2) is 7.53. The molecule has 1 aliphatic rings. The maximum Gasteiger partial charge on any atom is 0.408 e. The Hall–Kier alpha value is -2.29. The Morgan fingerprint density at radius 1 is 1.35 bits per heavy atom. The molecule has 3 rings (SSSR count). The lowest BCUT2D eigenvalue weighted by Gasteiger charge is -2.26. The third kappa shape index (κ3) is 4.66. The van der Waals surface area contributed by atoms with Crippen LogP contribution in [0.25, 0.3) is 0 Å². The molecular weight excluding hydrogens is 349 g/mol. The second-order valence-electron chi connectivity index (χ2n) is 6.46. The summed E-state index contributed by atoms with van der Waals surface area (Å²) < 4.78 is 43.6. The maximum absolute atomic E-state index is 12.4. The molecule has 0 aromatic carbocycles. The van der Waals surface area contributed by atoms with Crippen LogP contribution < -0.4 is 5.32 Å². The van der Waals surface area contributed by atoms with Gasteiger partial charge in [0.2, 0.25) is 0 Å². The number of halogens is 3. The lowest BCUT2D eigenvalue weighted by atomic mass is 10.2. The average molecular weight is 370 g/mol. The molecule has 1 amide bonds. The molecule has 2 aromatic rings. The number of furan rings is 1. The summed E-state index contributed by atoms with van der Waals surface area (Å²) in [7, 11) is 0. The number of amides is 1. The monoisotopic (exact) mass is 370 g/mol. The molecular formula is C17H21F3N4O2. The van der Waals surface area contributed by atoms with Gasteiger partial charge >= 0.3 is 6.18 Å². The third-order valence-electron chi connectivity index (χ3n) is 4.36. The minimum absolute atomic E-state index is 0.0969. The Morgan fingerprint density at radius 2 is 2.08 bits per heavy atom. The minimum Gasteiger partial charge on any atom is -0.465 e. The predicted molar refractivity (Wildman–Crippen MR) is 87.6 cm³/mol.